The molecule has 120 valence electrons. The summed E-state index contributed by atoms with van der Waals surface area (Å²) >= 11 is 0. The highest BCUT2D eigenvalue weighted by atomic mass is 16.4. The van der Waals surface area contributed by atoms with Crippen molar-refractivity contribution >= 4 is 23.1 Å². The topological polar surface area (TPSA) is 91.9 Å². The Morgan fingerprint density at radius 2 is 1.96 bits per heavy atom. The minimum atomic E-state index is -0.580. The van der Waals surface area contributed by atoms with Crippen molar-refractivity contribution in [2.24, 2.45) is 5.10 Å². The monoisotopic (exact) mass is 322 g/mol. The van der Waals surface area contributed by atoms with E-state index in [1.165, 1.54) is 24.4 Å². The molecule has 3 aromatic rings. The maximum atomic E-state index is 12.0. The largest absolute Gasteiger partial charge is 0.508 e. The van der Waals surface area contributed by atoms with E-state index in [1.807, 2.05) is 30.3 Å². The van der Waals surface area contributed by atoms with Crippen molar-refractivity contribution in [2.75, 3.05) is 0 Å². The second-order valence-electron chi connectivity index (χ2n) is 5.15. The number of hydrogen-bond donors (Lipinski definition) is 2. The third-order valence-corrected chi connectivity index (χ3v) is 3.37. The van der Waals surface area contributed by atoms with Crippen LogP contribution in [0.25, 0.3) is 11.0 Å². The molecule has 6 heteroatoms. The summed E-state index contributed by atoms with van der Waals surface area (Å²) in [4.78, 5) is 23.6. The number of aromatic hydroxyl groups is 1. The Labute approximate surface area is 137 Å². The highest BCUT2D eigenvalue weighted by molar-refractivity contribution is 5.88. The van der Waals surface area contributed by atoms with E-state index in [0.29, 0.717) is 10.9 Å². The first kappa shape index (κ1) is 15.5. The van der Waals surface area contributed by atoms with Crippen LogP contribution in [0.15, 0.2) is 68.9 Å². The van der Waals surface area contributed by atoms with Gasteiger partial charge in [-0.15, -0.1) is 0 Å². The molecule has 0 radical (unpaired) electrons. The minimum Gasteiger partial charge on any atom is -0.508 e. The van der Waals surface area contributed by atoms with Crippen LogP contribution in [0, 0.1) is 0 Å². The van der Waals surface area contributed by atoms with Crippen molar-refractivity contribution in [2.45, 2.75) is 6.42 Å². The van der Waals surface area contributed by atoms with Crippen LogP contribution in [-0.4, -0.2) is 17.2 Å². The van der Waals surface area contributed by atoms with Crippen LogP contribution in [0.1, 0.15) is 11.1 Å². The van der Waals surface area contributed by atoms with Gasteiger partial charge in [0.25, 0.3) is 0 Å². The molecule has 0 spiro atoms. The molecule has 3 rings (SSSR count). The molecule has 0 saturated heterocycles. The zero-order valence-electron chi connectivity index (χ0n) is 12.6. The lowest BCUT2D eigenvalue weighted by Gasteiger charge is -2.05. The van der Waals surface area contributed by atoms with Gasteiger partial charge in [-0.25, -0.2) is 10.2 Å². The fourth-order valence-electron chi connectivity index (χ4n) is 2.30. The summed E-state index contributed by atoms with van der Waals surface area (Å²) in [5.41, 5.74) is 3.45. The average Bonchev–Trinajstić information content (AvgIpc) is 2.55. The van der Waals surface area contributed by atoms with E-state index < -0.39 is 5.63 Å². The highest BCUT2D eigenvalue weighted by Crippen LogP contribution is 2.22. The lowest BCUT2D eigenvalue weighted by atomic mass is 10.1. The van der Waals surface area contributed by atoms with Gasteiger partial charge in [0.1, 0.15) is 11.3 Å². The summed E-state index contributed by atoms with van der Waals surface area (Å²) in [6.07, 6.45) is 1.51. The van der Waals surface area contributed by atoms with Crippen molar-refractivity contribution in [3.63, 3.8) is 0 Å². The fraction of sp³-hybridized carbons (Fsp3) is 0.0556. The molecule has 0 aliphatic rings. The number of hydrogen-bond acceptors (Lipinski definition) is 5. The highest BCUT2D eigenvalue weighted by Gasteiger charge is 2.10. The first-order valence-electron chi connectivity index (χ1n) is 7.24. The first-order valence-corrected chi connectivity index (χ1v) is 7.24. The Hall–Kier alpha value is -3.41. The van der Waals surface area contributed by atoms with Crippen molar-refractivity contribution < 1.29 is 14.3 Å². The minimum absolute atomic E-state index is 0.0142. The van der Waals surface area contributed by atoms with Gasteiger partial charge in [-0.05, 0) is 23.3 Å². The number of rotatable bonds is 4. The summed E-state index contributed by atoms with van der Waals surface area (Å²) in [6.45, 7) is 0. The molecule has 0 fully saturated rings. The number of amides is 1. The molecule has 2 aromatic carbocycles. The molecule has 0 atom stereocenters. The van der Waals surface area contributed by atoms with Gasteiger partial charge in [-0.1, -0.05) is 30.3 Å². The maximum Gasteiger partial charge on any atom is 0.336 e. The second kappa shape index (κ2) is 6.78. The zero-order chi connectivity index (χ0) is 16.9. The number of phenolic OH excluding ortho intramolecular Hbond substituents is 1. The van der Waals surface area contributed by atoms with Gasteiger partial charge in [0, 0.05) is 17.5 Å². The van der Waals surface area contributed by atoms with Crippen molar-refractivity contribution in [3.05, 3.63) is 76.1 Å². The summed E-state index contributed by atoms with van der Waals surface area (Å²) in [5.74, 6) is -0.373. The van der Waals surface area contributed by atoms with Crippen LogP contribution in [0.2, 0.25) is 0 Å². The normalized spacial score (nSPS) is 11.0. The van der Waals surface area contributed by atoms with Gasteiger partial charge in [-0.2, -0.15) is 5.10 Å². The molecule has 0 aliphatic heterocycles. The van der Waals surface area contributed by atoms with Crippen molar-refractivity contribution in [1.82, 2.24) is 5.43 Å². The van der Waals surface area contributed by atoms with Gasteiger partial charge in [0.15, 0.2) is 0 Å². The van der Waals surface area contributed by atoms with E-state index in [4.69, 9.17) is 4.42 Å². The molecular weight excluding hydrogens is 308 g/mol. The Bertz CT molecular complexity index is 962. The van der Waals surface area contributed by atoms with E-state index in [1.54, 1.807) is 6.07 Å². The predicted octanol–water partition coefficient (Wildman–Crippen LogP) is 2.19. The average molecular weight is 322 g/mol. The molecule has 0 aliphatic carbocycles. The van der Waals surface area contributed by atoms with Gasteiger partial charge in [-0.3, -0.25) is 4.79 Å². The van der Waals surface area contributed by atoms with Gasteiger partial charge < -0.3 is 9.52 Å². The lowest BCUT2D eigenvalue weighted by Crippen LogP contribution is -2.20. The van der Waals surface area contributed by atoms with E-state index >= 15 is 0 Å². The number of carbonyl (C=O) groups is 1. The van der Waals surface area contributed by atoms with E-state index in [0.717, 1.165) is 5.56 Å². The summed E-state index contributed by atoms with van der Waals surface area (Å²) in [6, 6.07) is 15.0. The Morgan fingerprint density at radius 3 is 2.75 bits per heavy atom. The molecule has 24 heavy (non-hydrogen) atoms. The van der Waals surface area contributed by atoms with Gasteiger partial charge in [0.05, 0.1) is 12.6 Å². The van der Waals surface area contributed by atoms with Crippen molar-refractivity contribution in [3.8, 4) is 5.75 Å². The number of fused-ring (bicyclic) bond motifs is 1. The molecule has 1 amide bonds. The van der Waals surface area contributed by atoms with Crippen LogP contribution in [0.3, 0.4) is 0 Å². The SMILES string of the molecule is O=C(Cc1cc(=O)oc2cc(O)ccc12)N/N=C/c1ccccc1. The lowest BCUT2D eigenvalue weighted by molar-refractivity contribution is -0.120. The molecule has 6 nitrogen and oxygen atoms in total. The third kappa shape index (κ3) is 3.67. The van der Waals surface area contributed by atoms with Crippen LogP contribution >= 0.6 is 0 Å². The number of hydrazone groups is 1. The van der Waals surface area contributed by atoms with Crippen molar-refractivity contribution in [1.29, 1.82) is 0 Å². The number of benzene rings is 2. The summed E-state index contributed by atoms with van der Waals surface area (Å²) in [5, 5.41) is 13.9. The number of phenols is 1. The molecule has 1 aromatic heterocycles. The molecule has 1 heterocycles. The van der Waals surface area contributed by atoms with Crippen LogP contribution in [0.5, 0.6) is 5.75 Å². The Balaban J connectivity index is 1.76. The Kier molecular flexibility index (Phi) is 4.38. The first-order chi connectivity index (χ1) is 11.6. The van der Waals surface area contributed by atoms with Gasteiger partial charge >= 0.3 is 5.63 Å². The maximum absolute atomic E-state index is 12.0. The summed E-state index contributed by atoms with van der Waals surface area (Å²) in [7, 11) is 0. The smallest absolute Gasteiger partial charge is 0.336 e. The van der Waals surface area contributed by atoms with Gasteiger partial charge in [0.2, 0.25) is 5.91 Å². The standard InChI is InChI=1S/C18H14N2O4/c21-14-6-7-15-13(9-18(23)24-16(15)10-14)8-17(22)20-19-11-12-4-2-1-3-5-12/h1-7,9-11,21H,8H2,(H,20,22)/b19-11+. The quantitative estimate of drug-likeness (QED) is 0.437. The second-order valence-corrected chi connectivity index (χ2v) is 5.15. The van der Waals surface area contributed by atoms with Crippen LogP contribution in [-0.2, 0) is 11.2 Å². The molecule has 0 unspecified atom stereocenters. The number of nitrogens with zero attached hydrogens (tertiary/aromatic N) is 1. The van der Waals surface area contributed by atoms with E-state index in [-0.39, 0.29) is 23.7 Å². The number of nitrogens with one attached hydrogen (secondary N) is 1. The van der Waals surface area contributed by atoms with E-state index in [2.05, 4.69) is 10.5 Å². The molecule has 0 bridgehead atoms. The molecular formula is C18H14N2O4. The van der Waals surface area contributed by atoms with E-state index in [9.17, 15) is 14.7 Å². The number of carbonyl (C=O) groups excluding carboxylic acids is 1. The predicted molar refractivity (Wildman–Crippen MR) is 90.0 cm³/mol. The third-order valence-electron chi connectivity index (χ3n) is 3.37. The zero-order valence-corrected chi connectivity index (χ0v) is 12.6. The molecule has 2 N–H and O–H groups in total. The summed E-state index contributed by atoms with van der Waals surface area (Å²) < 4.78 is 5.03. The Morgan fingerprint density at radius 1 is 1.17 bits per heavy atom. The fourth-order valence-corrected chi connectivity index (χ4v) is 2.30. The molecule has 0 saturated carbocycles. The van der Waals surface area contributed by atoms with Crippen LogP contribution < -0.4 is 11.1 Å². The van der Waals surface area contributed by atoms with Crippen LogP contribution in [0.4, 0.5) is 0 Å².